The Hall–Kier alpha value is -1.83. The molecule has 7 nitrogen and oxygen atoms in total. The molecule has 0 saturated carbocycles. The third-order valence-corrected chi connectivity index (χ3v) is 4.56. The normalized spacial score (nSPS) is 20.8. The highest BCUT2D eigenvalue weighted by molar-refractivity contribution is 6.29. The largest absolute Gasteiger partial charge is 0.479 e. The summed E-state index contributed by atoms with van der Waals surface area (Å²) in [6.07, 6.45) is -0.559. The van der Waals surface area contributed by atoms with Crippen molar-refractivity contribution in [2.75, 3.05) is 55.5 Å². The number of nitrogens with one attached hydrogen (secondary N) is 1. The average Bonchev–Trinajstić information content (AvgIpc) is 2.63. The first-order valence-corrected chi connectivity index (χ1v) is 8.90. The quantitative estimate of drug-likeness (QED) is 0.794. The smallest absolute Gasteiger partial charge is 0.267 e. The minimum Gasteiger partial charge on any atom is -0.479 e. The van der Waals surface area contributed by atoms with Crippen molar-refractivity contribution in [2.24, 2.45) is 0 Å². The Balaban J connectivity index is 1.75. The molecule has 3 rings (SSSR count). The van der Waals surface area contributed by atoms with Crippen LogP contribution >= 0.6 is 11.6 Å². The number of carbonyl (C=O) groups is 2. The lowest BCUT2D eigenvalue weighted by molar-refractivity contribution is -0.125. The molecule has 2 amide bonds. The summed E-state index contributed by atoms with van der Waals surface area (Å²) in [7, 11) is 0. The van der Waals surface area contributed by atoms with Gasteiger partial charge >= 0.3 is 0 Å². The first kappa shape index (κ1) is 18.0. The molecular formula is C17H22ClN3O4. The Morgan fingerprint density at radius 3 is 2.80 bits per heavy atom. The second-order valence-electron chi connectivity index (χ2n) is 6.07. The van der Waals surface area contributed by atoms with Crippen molar-refractivity contribution in [1.29, 1.82) is 0 Å². The van der Waals surface area contributed by atoms with Crippen molar-refractivity contribution >= 4 is 34.8 Å². The molecule has 1 aromatic carbocycles. The number of rotatable bonds is 5. The number of hydrogen-bond acceptors (Lipinski definition) is 5. The number of ether oxygens (including phenoxy) is 2. The molecule has 0 bridgehead atoms. The number of amides is 2. The summed E-state index contributed by atoms with van der Waals surface area (Å²) in [5.74, 6) is 0.129. The van der Waals surface area contributed by atoms with Crippen LogP contribution in [0.3, 0.4) is 0 Å². The fraction of sp³-hybridized carbons (Fsp3) is 0.529. The number of carbonyl (C=O) groups excluding carboxylic acids is 2. The van der Waals surface area contributed by atoms with E-state index in [9.17, 15) is 9.59 Å². The Morgan fingerprint density at radius 1 is 1.32 bits per heavy atom. The second-order valence-corrected chi connectivity index (χ2v) is 6.34. The number of hydrogen-bond donors (Lipinski definition) is 1. The first-order chi connectivity index (χ1) is 12.1. The molecule has 8 heteroatoms. The summed E-state index contributed by atoms with van der Waals surface area (Å²) in [4.78, 5) is 28.0. The molecule has 0 aliphatic carbocycles. The standard InChI is InChI=1S/C17H22ClN3O4/c1-12-17(23)21(5-4-20-6-8-24-9-7-20)14-3-2-13(10-15(14)25-12)19-16(22)11-18/h2-3,10,12H,4-9,11H2,1H3,(H,19,22). The molecule has 136 valence electrons. The van der Waals surface area contributed by atoms with Gasteiger partial charge in [-0.05, 0) is 19.1 Å². The molecule has 1 atom stereocenters. The summed E-state index contributed by atoms with van der Waals surface area (Å²) < 4.78 is 11.1. The van der Waals surface area contributed by atoms with Gasteiger partial charge < -0.3 is 19.7 Å². The molecule has 1 saturated heterocycles. The van der Waals surface area contributed by atoms with Gasteiger partial charge in [-0.3, -0.25) is 14.5 Å². The van der Waals surface area contributed by atoms with Crippen molar-refractivity contribution in [3.63, 3.8) is 0 Å². The lowest BCUT2D eigenvalue weighted by Gasteiger charge is -2.35. The van der Waals surface area contributed by atoms with Gasteiger partial charge in [-0.2, -0.15) is 0 Å². The van der Waals surface area contributed by atoms with Crippen LogP contribution in [0.1, 0.15) is 6.92 Å². The van der Waals surface area contributed by atoms with Gasteiger partial charge in [0, 0.05) is 37.9 Å². The molecule has 2 aliphatic rings. The van der Waals surface area contributed by atoms with Gasteiger partial charge in [0.2, 0.25) is 5.91 Å². The molecular weight excluding hydrogens is 346 g/mol. The van der Waals surface area contributed by atoms with Gasteiger partial charge in [0.15, 0.2) is 6.10 Å². The lowest BCUT2D eigenvalue weighted by atomic mass is 10.1. The number of alkyl halides is 1. The molecule has 25 heavy (non-hydrogen) atoms. The van der Waals surface area contributed by atoms with Gasteiger partial charge in [-0.15, -0.1) is 11.6 Å². The maximum Gasteiger partial charge on any atom is 0.267 e. The van der Waals surface area contributed by atoms with Crippen molar-refractivity contribution < 1.29 is 19.1 Å². The van der Waals surface area contributed by atoms with E-state index in [1.165, 1.54) is 0 Å². The van der Waals surface area contributed by atoms with E-state index >= 15 is 0 Å². The van der Waals surface area contributed by atoms with Crippen LogP contribution in [0.5, 0.6) is 5.75 Å². The molecule has 2 aliphatic heterocycles. The molecule has 1 unspecified atom stereocenters. The SMILES string of the molecule is CC1Oc2cc(NC(=O)CCl)ccc2N(CCN2CCOCC2)C1=O. The molecule has 1 N–H and O–H groups in total. The molecule has 1 fully saturated rings. The third kappa shape index (κ3) is 4.23. The summed E-state index contributed by atoms with van der Waals surface area (Å²) >= 11 is 5.52. The lowest BCUT2D eigenvalue weighted by Crippen LogP contribution is -2.48. The first-order valence-electron chi connectivity index (χ1n) is 8.36. The number of morpholine rings is 1. The zero-order valence-electron chi connectivity index (χ0n) is 14.2. The van der Waals surface area contributed by atoms with E-state index in [1.54, 1.807) is 30.0 Å². The highest BCUT2D eigenvalue weighted by Gasteiger charge is 2.32. The minimum atomic E-state index is -0.559. The predicted octanol–water partition coefficient (Wildman–Crippen LogP) is 1.31. The van der Waals surface area contributed by atoms with Crippen LogP contribution < -0.4 is 15.0 Å². The summed E-state index contributed by atoms with van der Waals surface area (Å²) in [6.45, 7) is 6.33. The van der Waals surface area contributed by atoms with Crippen molar-refractivity contribution in [1.82, 2.24) is 4.90 Å². The van der Waals surface area contributed by atoms with Crippen LogP contribution in [0, 0.1) is 0 Å². The van der Waals surface area contributed by atoms with E-state index in [1.807, 2.05) is 0 Å². The maximum atomic E-state index is 12.5. The van der Waals surface area contributed by atoms with Gasteiger partial charge in [-0.25, -0.2) is 0 Å². The number of nitrogens with zero attached hydrogens (tertiary/aromatic N) is 2. The third-order valence-electron chi connectivity index (χ3n) is 4.32. The van der Waals surface area contributed by atoms with E-state index in [2.05, 4.69) is 10.2 Å². The van der Waals surface area contributed by atoms with Crippen LogP contribution in [0.15, 0.2) is 18.2 Å². The van der Waals surface area contributed by atoms with Gasteiger partial charge in [0.25, 0.3) is 5.91 Å². The number of fused-ring (bicyclic) bond motifs is 1. The second kappa shape index (κ2) is 8.03. The van der Waals surface area contributed by atoms with E-state index < -0.39 is 6.10 Å². The van der Waals surface area contributed by atoms with E-state index in [0.717, 1.165) is 38.5 Å². The van der Waals surface area contributed by atoms with Crippen molar-refractivity contribution in [3.8, 4) is 5.75 Å². The number of halogens is 1. The fourth-order valence-electron chi connectivity index (χ4n) is 2.98. The Labute approximate surface area is 151 Å². The van der Waals surface area contributed by atoms with Gasteiger partial charge in [0.1, 0.15) is 11.6 Å². The monoisotopic (exact) mass is 367 g/mol. The number of anilines is 2. The minimum absolute atomic E-state index is 0.0571. The summed E-state index contributed by atoms with van der Waals surface area (Å²) in [5.41, 5.74) is 1.32. The van der Waals surface area contributed by atoms with Crippen LogP contribution in [-0.4, -0.2) is 68.1 Å². The van der Waals surface area contributed by atoms with Crippen molar-refractivity contribution in [3.05, 3.63) is 18.2 Å². The molecule has 0 radical (unpaired) electrons. The van der Waals surface area contributed by atoms with Gasteiger partial charge in [0.05, 0.1) is 18.9 Å². The molecule has 2 heterocycles. The van der Waals surface area contributed by atoms with Crippen LogP contribution in [0.2, 0.25) is 0 Å². The topological polar surface area (TPSA) is 71.1 Å². The summed E-state index contributed by atoms with van der Waals surface area (Å²) in [5, 5.41) is 2.69. The highest BCUT2D eigenvalue weighted by Crippen LogP contribution is 2.36. The molecule has 0 aromatic heterocycles. The predicted molar refractivity (Wildman–Crippen MR) is 95.5 cm³/mol. The summed E-state index contributed by atoms with van der Waals surface area (Å²) in [6, 6.07) is 5.27. The van der Waals surface area contributed by atoms with Gasteiger partial charge in [-0.1, -0.05) is 0 Å². The zero-order valence-corrected chi connectivity index (χ0v) is 14.9. The van der Waals surface area contributed by atoms with E-state index in [4.69, 9.17) is 21.1 Å². The Bertz CT molecular complexity index is 649. The van der Waals surface area contributed by atoms with Crippen LogP contribution in [0.4, 0.5) is 11.4 Å². The van der Waals surface area contributed by atoms with E-state index in [0.29, 0.717) is 18.0 Å². The number of benzene rings is 1. The van der Waals surface area contributed by atoms with Crippen LogP contribution in [0.25, 0.3) is 0 Å². The Kier molecular flexibility index (Phi) is 5.78. The molecule has 1 aromatic rings. The van der Waals surface area contributed by atoms with Crippen molar-refractivity contribution in [2.45, 2.75) is 13.0 Å². The maximum absolute atomic E-state index is 12.5. The average molecular weight is 368 g/mol. The van der Waals surface area contributed by atoms with E-state index in [-0.39, 0.29) is 17.7 Å². The van der Waals surface area contributed by atoms with Crippen LogP contribution in [-0.2, 0) is 14.3 Å². The highest BCUT2D eigenvalue weighted by atomic mass is 35.5. The molecule has 0 spiro atoms. The zero-order chi connectivity index (χ0) is 17.8. The fourth-order valence-corrected chi connectivity index (χ4v) is 3.05. The Morgan fingerprint density at radius 2 is 2.08 bits per heavy atom.